The minimum Gasteiger partial charge on any atom is -0.342 e. The van der Waals surface area contributed by atoms with Crippen LogP contribution < -0.4 is 5.32 Å². The fraction of sp³-hybridized carbons (Fsp3) is 0.600. The second kappa shape index (κ2) is 6.58. The molecule has 1 atom stereocenters. The van der Waals surface area contributed by atoms with E-state index in [9.17, 15) is 9.59 Å². The molecule has 4 heteroatoms. The highest BCUT2D eigenvalue weighted by atomic mass is 16.2. The van der Waals surface area contributed by atoms with Gasteiger partial charge < -0.3 is 10.2 Å². The Labute approximate surface area is 144 Å². The van der Waals surface area contributed by atoms with E-state index in [2.05, 4.69) is 19.2 Å². The molecule has 130 valence electrons. The molecule has 3 rings (SSSR count). The third kappa shape index (κ3) is 3.06. The molecule has 4 nitrogen and oxygen atoms in total. The van der Waals surface area contributed by atoms with Gasteiger partial charge in [0.25, 0.3) is 0 Å². The molecule has 2 fully saturated rings. The molecular formula is C20H28N2O2. The first-order chi connectivity index (χ1) is 11.5. The Bertz CT molecular complexity index is 649. The number of rotatable bonds is 4. The van der Waals surface area contributed by atoms with Crippen molar-refractivity contribution in [2.45, 2.75) is 52.9 Å². The Kier molecular flexibility index (Phi) is 4.66. The van der Waals surface area contributed by atoms with Gasteiger partial charge in [0.15, 0.2) is 0 Å². The monoisotopic (exact) mass is 328 g/mol. The zero-order valence-electron chi connectivity index (χ0n) is 15.0. The molecule has 1 aromatic carbocycles. The molecule has 2 amide bonds. The number of hydrogen-bond acceptors (Lipinski definition) is 2. The summed E-state index contributed by atoms with van der Waals surface area (Å²) in [7, 11) is 0. The van der Waals surface area contributed by atoms with Crippen molar-refractivity contribution in [2.75, 3.05) is 18.4 Å². The fourth-order valence-electron chi connectivity index (χ4n) is 3.77. The summed E-state index contributed by atoms with van der Waals surface area (Å²) in [5.74, 6) is 0.456. The maximum absolute atomic E-state index is 13.0. The maximum atomic E-state index is 13.0. The Balaban J connectivity index is 1.76. The highest BCUT2D eigenvalue weighted by Gasteiger charge is 2.58. The summed E-state index contributed by atoms with van der Waals surface area (Å²) in [5.41, 5.74) is 2.25. The highest BCUT2D eigenvalue weighted by Crippen LogP contribution is 2.49. The molecule has 0 spiro atoms. The Hall–Kier alpha value is -1.84. The van der Waals surface area contributed by atoms with E-state index in [4.69, 9.17) is 0 Å². The lowest BCUT2D eigenvalue weighted by atomic mass is 9.96. The van der Waals surface area contributed by atoms with Gasteiger partial charge in [-0.15, -0.1) is 0 Å². The molecule has 0 aromatic heterocycles. The number of nitrogens with one attached hydrogen (secondary N) is 1. The molecule has 0 radical (unpaired) electrons. The third-order valence-corrected chi connectivity index (χ3v) is 5.52. The molecule has 0 bridgehead atoms. The van der Waals surface area contributed by atoms with Crippen LogP contribution >= 0.6 is 0 Å². The lowest BCUT2D eigenvalue weighted by Gasteiger charge is -2.33. The number of carbonyl (C=O) groups is 2. The largest absolute Gasteiger partial charge is 0.342 e. The topological polar surface area (TPSA) is 49.4 Å². The van der Waals surface area contributed by atoms with Crippen molar-refractivity contribution in [1.82, 2.24) is 4.90 Å². The Morgan fingerprint density at radius 1 is 1.33 bits per heavy atom. The van der Waals surface area contributed by atoms with E-state index in [1.54, 1.807) is 0 Å². The molecule has 1 saturated heterocycles. The van der Waals surface area contributed by atoms with Gasteiger partial charge in [-0.2, -0.15) is 0 Å². The third-order valence-electron chi connectivity index (χ3n) is 5.52. The zero-order chi connectivity index (χ0) is 17.3. The number of likely N-dealkylation sites (tertiary alicyclic amines) is 1. The van der Waals surface area contributed by atoms with Crippen molar-refractivity contribution in [3.8, 4) is 0 Å². The Morgan fingerprint density at radius 3 is 2.71 bits per heavy atom. The number of piperidine rings is 1. The first-order valence-corrected chi connectivity index (χ1v) is 9.17. The van der Waals surface area contributed by atoms with Crippen LogP contribution in [-0.2, 0) is 16.0 Å². The molecule has 1 unspecified atom stereocenters. The predicted molar refractivity (Wildman–Crippen MR) is 95.8 cm³/mol. The van der Waals surface area contributed by atoms with Gasteiger partial charge in [-0.05, 0) is 56.1 Å². The predicted octanol–water partition coefficient (Wildman–Crippen LogP) is 3.53. The minimum atomic E-state index is -0.815. The molecule has 1 aromatic rings. The maximum Gasteiger partial charge on any atom is 0.240 e. The number of amides is 2. The van der Waals surface area contributed by atoms with E-state index in [-0.39, 0.29) is 11.8 Å². The lowest BCUT2D eigenvalue weighted by Crippen LogP contribution is -2.47. The van der Waals surface area contributed by atoms with Crippen LogP contribution in [0.1, 0.15) is 50.7 Å². The summed E-state index contributed by atoms with van der Waals surface area (Å²) in [6.07, 6.45) is 4.43. The molecule has 24 heavy (non-hydrogen) atoms. The summed E-state index contributed by atoms with van der Waals surface area (Å²) < 4.78 is 0. The minimum absolute atomic E-state index is 0.0400. The standard InChI is InChI=1S/C20H28N2O2/c1-4-16-9-5-8-15(3)17(16)21-18(23)20(10-11-20)19(24)22-12-6-7-14(2)13-22/h5,8-9,14H,4,6-7,10-13H2,1-3H3,(H,21,23). The van der Waals surface area contributed by atoms with Gasteiger partial charge in [0.05, 0.1) is 0 Å². The summed E-state index contributed by atoms with van der Waals surface area (Å²) in [4.78, 5) is 27.8. The Morgan fingerprint density at radius 2 is 2.08 bits per heavy atom. The molecule has 1 N–H and O–H groups in total. The molecule has 1 saturated carbocycles. The van der Waals surface area contributed by atoms with Crippen LogP contribution in [0.15, 0.2) is 18.2 Å². The van der Waals surface area contributed by atoms with Crippen LogP contribution in [0.4, 0.5) is 5.69 Å². The van der Waals surface area contributed by atoms with E-state index >= 15 is 0 Å². The van der Waals surface area contributed by atoms with Crippen LogP contribution in [0.2, 0.25) is 0 Å². The summed E-state index contributed by atoms with van der Waals surface area (Å²) in [6, 6.07) is 6.05. The van der Waals surface area contributed by atoms with E-state index in [1.165, 1.54) is 6.42 Å². The van der Waals surface area contributed by atoms with Gasteiger partial charge in [-0.1, -0.05) is 32.0 Å². The van der Waals surface area contributed by atoms with Gasteiger partial charge >= 0.3 is 0 Å². The van der Waals surface area contributed by atoms with Crippen molar-refractivity contribution >= 4 is 17.5 Å². The van der Waals surface area contributed by atoms with E-state index in [0.717, 1.165) is 42.7 Å². The van der Waals surface area contributed by atoms with Crippen molar-refractivity contribution in [3.05, 3.63) is 29.3 Å². The van der Waals surface area contributed by atoms with Crippen LogP contribution in [0, 0.1) is 18.3 Å². The highest BCUT2D eigenvalue weighted by molar-refractivity contribution is 6.13. The number of carbonyl (C=O) groups excluding carboxylic acids is 2. The van der Waals surface area contributed by atoms with E-state index in [1.807, 2.05) is 30.0 Å². The number of hydrogen-bond donors (Lipinski definition) is 1. The normalized spacial score (nSPS) is 22.1. The fourth-order valence-corrected chi connectivity index (χ4v) is 3.77. The van der Waals surface area contributed by atoms with Gasteiger partial charge in [0.1, 0.15) is 5.41 Å². The SMILES string of the molecule is CCc1cccc(C)c1NC(=O)C1(C(=O)N2CCCC(C)C2)CC1. The lowest BCUT2D eigenvalue weighted by molar-refractivity contribution is -0.143. The number of benzene rings is 1. The average Bonchev–Trinajstić information content (AvgIpc) is 3.38. The first kappa shape index (κ1) is 17.0. The first-order valence-electron chi connectivity index (χ1n) is 9.17. The quantitative estimate of drug-likeness (QED) is 0.860. The second-order valence-corrected chi connectivity index (χ2v) is 7.50. The van der Waals surface area contributed by atoms with Gasteiger partial charge in [0, 0.05) is 18.8 Å². The second-order valence-electron chi connectivity index (χ2n) is 7.50. The van der Waals surface area contributed by atoms with Crippen LogP contribution in [0.25, 0.3) is 0 Å². The zero-order valence-corrected chi connectivity index (χ0v) is 15.0. The molecular weight excluding hydrogens is 300 g/mol. The molecule has 1 aliphatic heterocycles. The van der Waals surface area contributed by atoms with E-state index < -0.39 is 5.41 Å². The van der Waals surface area contributed by atoms with Crippen LogP contribution in [0.3, 0.4) is 0 Å². The number of nitrogens with zero attached hydrogens (tertiary/aromatic N) is 1. The summed E-state index contributed by atoms with van der Waals surface area (Å²) in [6.45, 7) is 7.85. The van der Waals surface area contributed by atoms with Crippen molar-refractivity contribution in [3.63, 3.8) is 0 Å². The molecule has 1 aliphatic carbocycles. The molecule has 1 heterocycles. The smallest absolute Gasteiger partial charge is 0.240 e. The number of anilines is 1. The van der Waals surface area contributed by atoms with Gasteiger partial charge in [0.2, 0.25) is 11.8 Å². The van der Waals surface area contributed by atoms with E-state index in [0.29, 0.717) is 18.8 Å². The van der Waals surface area contributed by atoms with Crippen molar-refractivity contribution in [1.29, 1.82) is 0 Å². The van der Waals surface area contributed by atoms with Gasteiger partial charge in [-0.25, -0.2) is 0 Å². The van der Waals surface area contributed by atoms with Gasteiger partial charge in [-0.3, -0.25) is 9.59 Å². The molecule has 2 aliphatic rings. The summed E-state index contributed by atoms with van der Waals surface area (Å²) >= 11 is 0. The number of para-hydroxylation sites is 1. The van der Waals surface area contributed by atoms with Crippen molar-refractivity contribution < 1.29 is 9.59 Å². The van der Waals surface area contributed by atoms with Crippen LogP contribution in [0.5, 0.6) is 0 Å². The van der Waals surface area contributed by atoms with Crippen molar-refractivity contribution in [2.24, 2.45) is 11.3 Å². The summed E-state index contributed by atoms with van der Waals surface area (Å²) in [5, 5.41) is 3.08. The average molecular weight is 328 g/mol. The number of aryl methyl sites for hydroxylation is 2. The van der Waals surface area contributed by atoms with Crippen LogP contribution in [-0.4, -0.2) is 29.8 Å².